The molecule has 2 rings (SSSR count). The summed E-state index contributed by atoms with van der Waals surface area (Å²) in [5.74, 6) is -0.0410. The molecule has 1 fully saturated rings. The standard InChI is InChI=1S/C17H25NO2/c1-14-6-8-15(9-7-14)17(10-4-5-11-17)16(19)20-13-12-18(2)3/h6-9H,4-5,10-13H2,1-3H3. The molecule has 0 spiro atoms. The lowest BCUT2D eigenvalue weighted by atomic mass is 9.78. The van der Waals surface area contributed by atoms with E-state index in [9.17, 15) is 4.79 Å². The maximum Gasteiger partial charge on any atom is 0.316 e. The van der Waals surface area contributed by atoms with E-state index in [1.165, 1.54) is 5.56 Å². The molecule has 1 saturated carbocycles. The molecule has 0 aromatic heterocycles. The minimum absolute atomic E-state index is 0.0410. The Morgan fingerprint density at radius 1 is 1.20 bits per heavy atom. The lowest BCUT2D eigenvalue weighted by Crippen LogP contribution is -2.36. The van der Waals surface area contributed by atoms with Crippen LogP contribution < -0.4 is 0 Å². The SMILES string of the molecule is Cc1ccc(C2(C(=O)OCCN(C)C)CCCC2)cc1. The fourth-order valence-electron chi connectivity index (χ4n) is 2.92. The number of likely N-dealkylation sites (N-methyl/N-ethyl adjacent to an activating group) is 1. The number of carbonyl (C=O) groups excluding carboxylic acids is 1. The van der Waals surface area contributed by atoms with Crippen LogP contribution in [-0.4, -0.2) is 38.1 Å². The van der Waals surface area contributed by atoms with Crippen molar-refractivity contribution in [3.63, 3.8) is 0 Å². The first-order chi connectivity index (χ1) is 9.54. The molecule has 0 unspecified atom stereocenters. The van der Waals surface area contributed by atoms with Gasteiger partial charge in [0.1, 0.15) is 6.61 Å². The Morgan fingerprint density at radius 2 is 1.80 bits per heavy atom. The summed E-state index contributed by atoms with van der Waals surface area (Å²) in [4.78, 5) is 14.6. The predicted octanol–water partition coefficient (Wildman–Crippen LogP) is 2.91. The van der Waals surface area contributed by atoms with Crippen LogP contribution in [0.15, 0.2) is 24.3 Å². The minimum Gasteiger partial charge on any atom is -0.464 e. The van der Waals surface area contributed by atoms with Crippen molar-refractivity contribution in [3.05, 3.63) is 35.4 Å². The van der Waals surface area contributed by atoms with E-state index >= 15 is 0 Å². The van der Waals surface area contributed by atoms with Gasteiger partial charge >= 0.3 is 5.97 Å². The molecule has 0 atom stereocenters. The zero-order valence-electron chi connectivity index (χ0n) is 12.8. The first-order valence-corrected chi connectivity index (χ1v) is 7.44. The predicted molar refractivity (Wildman–Crippen MR) is 80.8 cm³/mol. The molecule has 110 valence electrons. The smallest absolute Gasteiger partial charge is 0.316 e. The van der Waals surface area contributed by atoms with Gasteiger partial charge in [0.2, 0.25) is 0 Å². The van der Waals surface area contributed by atoms with E-state index in [0.717, 1.165) is 37.8 Å². The molecule has 1 aliphatic rings. The van der Waals surface area contributed by atoms with Gasteiger partial charge in [0, 0.05) is 6.54 Å². The van der Waals surface area contributed by atoms with Crippen molar-refractivity contribution in [3.8, 4) is 0 Å². The fraction of sp³-hybridized carbons (Fsp3) is 0.588. The van der Waals surface area contributed by atoms with Crippen molar-refractivity contribution in [2.45, 2.75) is 38.0 Å². The number of ether oxygens (including phenoxy) is 1. The number of nitrogens with zero attached hydrogens (tertiary/aromatic N) is 1. The number of hydrogen-bond donors (Lipinski definition) is 0. The number of carbonyl (C=O) groups is 1. The normalized spacial score (nSPS) is 17.4. The molecule has 1 aliphatic carbocycles. The number of benzene rings is 1. The molecule has 0 bridgehead atoms. The highest BCUT2D eigenvalue weighted by molar-refractivity contribution is 5.83. The van der Waals surface area contributed by atoms with E-state index < -0.39 is 5.41 Å². The van der Waals surface area contributed by atoms with Crippen LogP contribution in [-0.2, 0) is 14.9 Å². The van der Waals surface area contributed by atoms with Gasteiger partial charge in [-0.15, -0.1) is 0 Å². The molecule has 3 heteroatoms. The van der Waals surface area contributed by atoms with Gasteiger partial charge in [-0.05, 0) is 39.4 Å². The third-order valence-corrected chi connectivity index (χ3v) is 4.22. The average molecular weight is 275 g/mol. The number of esters is 1. The summed E-state index contributed by atoms with van der Waals surface area (Å²) in [5, 5.41) is 0. The highest BCUT2D eigenvalue weighted by Crippen LogP contribution is 2.42. The summed E-state index contributed by atoms with van der Waals surface area (Å²) < 4.78 is 5.54. The van der Waals surface area contributed by atoms with Gasteiger partial charge in [-0.25, -0.2) is 0 Å². The molecule has 0 aliphatic heterocycles. The quantitative estimate of drug-likeness (QED) is 0.774. The summed E-state index contributed by atoms with van der Waals surface area (Å²) >= 11 is 0. The van der Waals surface area contributed by atoms with E-state index in [1.807, 2.05) is 19.0 Å². The van der Waals surface area contributed by atoms with Gasteiger partial charge in [-0.2, -0.15) is 0 Å². The molecule has 0 heterocycles. The molecular weight excluding hydrogens is 250 g/mol. The van der Waals surface area contributed by atoms with E-state index in [2.05, 4.69) is 31.2 Å². The number of aryl methyl sites for hydroxylation is 1. The summed E-state index contributed by atoms with van der Waals surface area (Å²) in [7, 11) is 3.97. The van der Waals surface area contributed by atoms with E-state index in [4.69, 9.17) is 4.74 Å². The minimum atomic E-state index is -0.403. The molecule has 0 amide bonds. The van der Waals surface area contributed by atoms with Crippen LogP contribution in [0.5, 0.6) is 0 Å². The highest BCUT2D eigenvalue weighted by atomic mass is 16.5. The van der Waals surface area contributed by atoms with Gasteiger partial charge < -0.3 is 9.64 Å². The summed E-state index contributed by atoms with van der Waals surface area (Å²) in [6.45, 7) is 3.32. The summed E-state index contributed by atoms with van der Waals surface area (Å²) in [6, 6.07) is 8.35. The van der Waals surface area contributed by atoms with Crippen LogP contribution in [0.1, 0.15) is 36.8 Å². The first-order valence-electron chi connectivity index (χ1n) is 7.44. The number of rotatable bonds is 5. The van der Waals surface area contributed by atoms with Crippen molar-refractivity contribution in [2.75, 3.05) is 27.2 Å². The van der Waals surface area contributed by atoms with Crippen LogP contribution in [0.4, 0.5) is 0 Å². The van der Waals surface area contributed by atoms with E-state index in [1.54, 1.807) is 0 Å². The molecule has 1 aromatic carbocycles. The van der Waals surface area contributed by atoms with Crippen LogP contribution in [0.3, 0.4) is 0 Å². The van der Waals surface area contributed by atoms with Crippen LogP contribution >= 0.6 is 0 Å². The maximum atomic E-state index is 12.6. The van der Waals surface area contributed by atoms with E-state index in [0.29, 0.717) is 6.61 Å². The zero-order valence-corrected chi connectivity index (χ0v) is 12.8. The second kappa shape index (κ2) is 6.40. The van der Waals surface area contributed by atoms with Crippen molar-refractivity contribution in [2.24, 2.45) is 0 Å². The molecule has 3 nitrogen and oxygen atoms in total. The van der Waals surface area contributed by atoms with Crippen molar-refractivity contribution >= 4 is 5.97 Å². The Morgan fingerprint density at radius 3 is 2.35 bits per heavy atom. The fourth-order valence-corrected chi connectivity index (χ4v) is 2.92. The second-order valence-corrected chi connectivity index (χ2v) is 6.09. The van der Waals surface area contributed by atoms with Crippen LogP contribution in [0, 0.1) is 6.92 Å². The topological polar surface area (TPSA) is 29.5 Å². The monoisotopic (exact) mass is 275 g/mol. The lowest BCUT2D eigenvalue weighted by Gasteiger charge is -2.27. The lowest BCUT2D eigenvalue weighted by molar-refractivity contribution is -0.150. The van der Waals surface area contributed by atoms with Crippen LogP contribution in [0.2, 0.25) is 0 Å². The first kappa shape index (κ1) is 15.0. The Balaban J connectivity index is 2.13. The second-order valence-electron chi connectivity index (χ2n) is 6.09. The largest absolute Gasteiger partial charge is 0.464 e. The third-order valence-electron chi connectivity index (χ3n) is 4.22. The van der Waals surface area contributed by atoms with Crippen LogP contribution in [0.25, 0.3) is 0 Å². The summed E-state index contributed by atoms with van der Waals surface area (Å²) in [6.07, 6.45) is 4.04. The molecule has 1 aromatic rings. The zero-order chi connectivity index (χ0) is 14.6. The molecular formula is C17H25NO2. The summed E-state index contributed by atoms with van der Waals surface area (Å²) in [5.41, 5.74) is 1.94. The van der Waals surface area contributed by atoms with Gasteiger partial charge in [0.05, 0.1) is 5.41 Å². The Kier molecular flexibility index (Phi) is 4.81. The van der Waals surface area contributed by atoms with Gasteiger partial charge in [-0.3, -0.25) is 4.79 Å². The Labute approximate surface area is 121 Å². The van der Waals surface area contributed by atoms with Crippen molar-refractivity contribution in [1.82, 2.24) is 4.90 Å². The number of hydrogen-bond acceptors (Lipinski definition) is 3. The molecule has 0 saturated heterocycles. The van der Waals surface area contributed by atoms with E-state index in [-0.39, 0.29) is 5.97 Å². The molecule has 20 heavy (non-hydrogen) atoms. The van der Waals surface area contributed by atoms with Gasteiger partial charge in [0.15, 0.2) is 0 Å². The van der Waals surface area contributed by atoms with Gasteiger partial charge in [-0.1, -0.05) is 42.7 Å². The average Bonchev–Trinajstić information content (AvgIpc) is 2.89. The Bertz CT molecular complexity index is 445. The maximum absolute atomic E-state index is 12.6. The van der Waals surface area contributed by atoms with Crippen molar-refractivity contribution in [1.29, 1.82) is 0 Å². The molecule has 0 N–H and O–H groups in total. The van der Waals surface area contributed by atoms with Gasteiger partial charge in [0.25, 0.3) is 0 Å². The molecule has 0 radical (unpaired) electrons. The highest BCUT2D eigenvalue weighted by Gasteiger charge is 2.44. The third kappa shape index (κ3) is 3.21. The van der Waals surface area contributed by atoms with Crippen molar-refractivity contribution < 1.29 is 9.53 Å². The Hall–Kier alpha value is -1.35.